The smallest absolute Gasteiger partial charge is 0.236 e. The summed E-state index contributed by atoms with van der Waals surface area (Å²) in [5.74, 6) is 0.0763. The van der Waals surface area contributed by atoms with Gasteiger partial charge in [0.1, 0.15) is 0 Å². The van der Waals surface area contributed by atoms with Gasteiger partial charge >= 0.3 is 0 Å². The topological polar surface area (TPSA) is 55.6 Å². The van der Waals surface area contributed by atoms with Crippen molar-refractivity contribution in [1.82, 2.24) is 4.90 Å². The summed E-state index contributed by atoms with van der Waals surface area (Å²) < 4.78 is 5.72. The Kier molecular flexibility index (Phi) is 4.83. The van der Waals surface area contributed by atoms with Crippen LogP contribution in [0.2, 0.25) is 0 Å². The van der Waals surface area contributed by atoms with Crippen LogP contribution in [0.4, 0.5) is 0 Å². The van der Waals surface area contributed by atoms with Crippen molar-refractivity contribution in [2.45, 2.75) is 37.8 Å². The summed E-state index contributed by atoms with van der Waals surface area (Å²) in [4.78, 5) is 13.5. The van der Waals surface area contributed by atoms with Gasteiger partial charge in [-0.2, -0.15) is 0 Å². The van der Waals surface area contributed by atoms with Crippen molar-refractivity contribution in [3.05, 3.63) is 0 Å². The first-order valence-corrected chi connectivity index (χ1v) is 5.44. The molecule has 2 N–H and O–H groups in total. The highest BCUT2D eigenvalue weighted by molar-refractivity contribution is 5.85. The zero-order chi connectivity index (χ0) is 9.97. The molecule has 1 amide bonds. The molecule has 0 aromatic heterocycles. The van der Waals surface area contributed by atoms with E-state index in [9.17, 15) is 4.79 Å². The molecule has 1 heterocycles. The van der Waals surface area contributed by atoms with Crippen molar-refractivity contribution in [3.8, 4) is 0 Å². The predicted octanol–water partition coefficient (Wildman–Crippen LogP) is 0.537. The molecule has 88 valence electrons. The van der Waals surface area contributed by atoms with E-state index in [-0.39, 0.29) is 31.0 Å². The highest BCUT2D eigenvalue weighted by Gasteiger charge is 2.36. The normalized spacial score (nSPS) is 30.3. The molecule has 2 unspecified atom stereocenters. The SMILES string of the molecule is Cl.NCC(=O)N1CCCOC2CCCC21. The number of hydrogen-bond donors (Lipinski definition) is 1. The van der Waals surface area contributed by atoms with Crippen LogP contribution in [0, 0.1) is 0 Å². The second-order valence-corrected chi connectivity index (χ2v) is 4.05. The van der Waals surface area contributed by atoms with Crippen LogP contribution >= 0.6 is 12.4 Å². The molecular formula is C10H19ClN2O2. The maximum atomic E-state index is 11.6. The van der Waals surface area contributed by atoms with Crippen molar-refractivity contribution in [1.29, 1.82) is 0 Å². The Balaban J connectivity index is 0.00000112. The summed E-state index contributed by atoms with van der Waals surface area (Å²) in [5.41, 5.74) is 5.40. The van der Waals surface area contributed by atoms with Crippen molar-refractivity contribution < 1.29 is 9.53 Å². The third kappa shape index (κ3) is 2.62. The van der Waals surface area contributed by atoms with Gasteiger partial charge in [0.2, 0.25) is 5.91 Å². The van der Waals surface area contributed by atoms with Crippen molar-refractivity contribution in [3.63, 3.8) is 0 Å². The summed E-state index contributed by atoms with van der Waals surface area (Å²) in [7, 11) is 0. The maximum absolute atomic E-state index is 11.6. The van der Waals surface area contributed by atoms with Gasteiger partial charge in [0.05, 0.1) is 18.7 Å². The van der Waals surface area contributed by atoms with E-state index in [0.717, 1.165) is 32.4 Å². The van der Waals surface area contributed by atoms with E-state index in [1.165, 1.54) is 6.42 Å². The van der Waals surface area contributed by atoms with Crippen LogP contribution in [0.25, 0.3) is 0 Å². The molecule has 2 fully saturated rings. The van der Waals surface area contributed by atoms with Crippen LogP contribution in [0.15, 0.2) is 0 Å². The van der Waals surface area contributed by atoms with Crippen molar-refractivity contribution >= 4 is 18.3 Å². The number of carbonyl (C=O) groups excluding carboxylic acids is 1. The molecule has 2 aliphatic rings. The minimum absolute atomic E-state index is 0. The standard InChI is InChI=1S/C10H18N2O2.ClH/c11-7-10(13)12-5-2-6-14-9-4-1-3-8(9)12;/h8-9H,1-7,11H2;1H. The summed E-state index contributed by atoms with van der Waals surface area (Å²) in [6.45, 7) is 1.73. The zero-order valence-electron chi connectivity index (χ0n) is 8.85. The van der Waals surface area contributed by atoms with Crippen LogP contribution < -0.4 is 5.73 Å². The van der Waals surface area contributed by atoms with E-state index < -0.39 is 0 Å². The van der Waals surface area contributed by atoms with Crippen molar-refractivity contribution in [2.75, 3.05) is 19.7 Å². The molecule has 0 aromatic rings. The molecule has 5 heteroatoms. The number of carbonyl (C=O) groups is 1. The first kappa shape index (κ1) is 12.7. The molecule has 2 atom stereocenters. The van der Waals surface area contributed by atoms with Crippen LogP contribution in [0.1, 0.15) is 25.7 Å². The number of nitrogens with zero attached hydrogens (tertiary/aromatic N) is 1. The minimum atomic E-state index is 0. The van der Waals surface area contributed by atoms with Crippen LogP contribution in [-0.4, -0.2) is 42.6 Å². The second kappa shape index (κ2) is 5.68. The third-order valence-electron chi connectivity index (χ3n) is 3.19. The highest BCUT2D eigenvalue weighted by atomic mass is 35.5. The second-order valence-electron chi connectivity index (χ2n) is 4.05. The van der Waals surface area contributed by atoms with E-state index in [1.54, 1.807) is 0 Å². The van der Waals surface area contributed by atoms with Gasteiger partial charge in [0.25, 0.3) is 0 Å². The van der Waals surface area contributed by atoms with Gasteiger partial charge in [0.15, 0.2) is 0 Å². The lowest BCUT2D eigenvalue weighted by Gasteiger charge is -2.29. The van der Waals surface area contributed by atoms with E-state index in [1.807, 2.05) is 4.90 Å². The molecule has 1 aliphatic carbocycles. The third-order valence-corrected chi connectivity index (χ3v) is 3.19. The average Bonchev–Trinajstić information content (AvgIpc) is 2.57. The van der Waals surface area contributed by atoms with E-state index in [2.05, 4.69) is 0 Å². The molecule has 1 aliphatic heterocycles. The molecule has 0 radical (unpaired) electrons. The molecule has 15 heavy (non-hydrogen) atoms. The lowest BCUT2D eigenvalue weighted by molar-refractivity contribution is -0.133. The summed E-state index contributed by atoms with van der Waals surface area (Å²) in [6, 6.07) is 0.300. The van der Waals surface area contributed by atoms with Crippen LogP contribution in [-0.2, 0) is 9.53 Å². The monoisotopic (exact) mass is 234 g/mol. The summed E-state index contributed by atoms with van der Waals surface area (Å²) in [6.07, 6.45) is 4.56. The molecule has 1 saturated carbocycles. The van der Waals surface area contributed by atoms with Gasteiger partial charge in [-0.15, -0.1) is 12.4 Å². The van der Waals surface area contributed by atoms with Crippen molar-refractivity contribution in [2.24, 2.45) is 5.73 Å². The first-order valence-electron chi connectivity index (χ1n) is 5.44. The fourth-order valence-electron chi connectivity index (χ4n) is 2.52. The molecular weight excluding hydrogens is 216 g/mol. The Bertz CT molecular complexity index is 225. The largest absolute Gasteiger partial charge is 0.376 e. The lowest BCUT2D eigenvalue weighted by atomic mass is 10.1. The summed E-state index contributed by atoms with van der Waals surface area (Å²) in [5, 5.41) is 0. The number of fused-ring (bicyclic) bond motifs is 1. The lowest BCUT2D eigenvalue weighted by Crippen LogP contribution is -2.46. The Morgan fingerprint density at radius 2 is 2.20 bits per heavy atom. The zero-order valence-corrected chi connectivity index (χ0v) is 9.67. The quantitative estimate of drug-likeness (QED) is 0.721. The number of halogens is 1. The fraction of sp³-hybridized carbons (Fsp3) is 0.900. The van der Waals surface area contributed by atoms with E-state index >= 15 is 0 Å². The first-order chi connectivity index (χ1) is 6.83. The Labute approximate surface area is 96.5 Å². The highest BCUT2D eigenvalue weighted by Crippen LogP contribution is 2.29. The molecule has 0 spiro atoms. The molecule has 0 bridgehead atoms. The summed E-state index contributed by atoms with van der Waals surface area (Å²) >= 11 is 0. The van der Waals surface area contributed by atoms with Gasteiger partial charge in [-0.05, 0) is 25.7 Å². The van der Waals surface area contributed by atoms with Gasteiger partial charge in [-0.25, -0.2) is 0 Å². The van der Waals surface area contributed by atoms with Crippen LogP contribution in [0.3, 0.4) is 0 Å². The molecule has 2 rings (SSSR count). The van der Waals surface area contributed by atoms with Gasteiger partial charge in [-0.1, -0.05) is 0 Å². The molecule has 4 nitrogen and oxygen atoms in total. The number of nitrogens with two attached hydrogens (primary N) is 1. The average molecular weight is 235 g/mol. The maximum Gasteiger partial charge on any atom is 0.236 e. The van der Waals surface area contributed by atoms with Gasteiger partial charge < -0.3 is 15.4 Å². The van der Waals surface area contributed by atoms with E-state index in [4.69, 9.17) is 10.5 Å². The number of ether oxygens (including phenoxy) is 1. The minimum Gasteiger partial charge on any atom is -0.376 e. The number of hydrogen-bond acceptors (Lipinski definition) is 3. The van der Waals surface area contributed by atoms with Gasteiger partial charge in [0, 0.05) is 13.2 Å². The fourth-order valence-corrected chi connectivity index (χ4v) is 2.52. The Morgan fingerprint density at radius 3 is 2.93 bits per heavy atom. The van der Waals surface area contributed by atoms with Crippen LogP contribution in [0.5, 0.6) is 0 Å². The number of amides is 1. The molecule has 0 aromatic carbocycles. The Hall–Kier alpha value is -0.320. The number of rotatable bonds is 1. The van der Waals surface area contributed by atoms with Gasteiger partial charge in [-0.3, -0.25) is 4.79 Å². The van der Waals surface area contributed by atoms with E-state index in [0.29, 0.717) is 6.04 Å². The molecule has 1 saturated heterocycles. The Morgan fingerprint density at radius 1 is 1.40 bits per heavy atom. The predicted molar refractivity (Wildman–Crippen MR) is 60.0 cm³/mol.